The monoisotopic (exact) mass is 345 g/mol. The molecule has 0 saturated carbocycles. The first kappa shape index (κ1) is 19.0. The van der Waals surface area contributed by atoms with E-state index in [-0.39, 0.29) is 24.3 Å². The number of nitrogens with one attached hydrogen (secondary N) is 2. The van der Waals surface area contributed by atoms with Gasteiger partial charge < -0.3 is 15.5 Å². The predicted octanol–water partition coefficient (Wildman–Crippen LogP) is 1.63. The number of carbonyl (C=O) groups is 3. The Balaban J connectivity index is 1.63. The smallest absolute Gasteiger partial charge is 0.251 e. The minimum Gasteiger partial charge on any atom is -0.355 e. The van der Waals surface area contributed by atoms with Gasteiger partial charge in [-0.05, 0) is 37.8 Å². The van der Waals surface area contributed by atoms with Crippen LogP contribution in [-0.4, -0.2) is 48.8 Å². The van der Waals surface area contributed by atoms with Gasteiger partial charge in [-0.25, -0.2) is 0 Å². The lowest BCUT2D eigenvalue weighted by atomic mass is 10.1. The van der Waals surface area contributed by atoms with E-state index in [9.17, 15) is 14.4 Å². The van der Waals surface area contributed by atoms with E-state index in [1.807, 2.05) is 24.0 Å². The molecule has 25 heavy (non-hydrogen) atoms. The van der Waals surface area contributed by atoms with Crippen LogP contribution in [0.5, 0.6) is 0 Å². The molecule has 1 fully saturated rings. The second-order valence-electron chi connectivity index (χ2n) is 6.39. The lowest BCUT2D eigenvalue weighted by Gasteiger charge is -2.20. The number of likely N-dealkylation sites (tertiary alicyclic amines) is 1. The fourth-order valence-corrected chi connectivity index (χ4v) is 2.92. The highest BCUT2D eigenvalue weighted by Crippen LogP contribution is 2.11. The van der Waals surface area contributed by atoms with Crippen molar-refractivity contribution < 1.29 is 14.4 Å². The molecule has 0 aromatic heterocycles. The average Bonchev–Trinajstić information content (AvgIpc) is 2.81. The van der Waals surface area contributed by atoms with Gasteiger partial charge in [0.1, 0.15) is 0 Å². The summed E-state index contributed by atoms with van der Waals surface area (Å²) in [5.74, 6) is -0.248. The molecule has 1 aromatic rings. The first-order chi connectivity index (χ1) is 12.1. The highest BCUT2D eigenvalue weighted by atomic mass is 16.2. The van der Waals surface area contributed by atoms with Crippen LogP contribution < -0.4 is 10.6 Å². The third-order valence-corrected chi connectivity index (χ3v) is 4.40. The van der Waals surface area contributed by atoms with Crippen LogP contribution in [0.2, 0.25) is 0 Å². The zero-order valence-electron chi connectivity index (χ0n) is 14.8. The Labute approximate surface area is 149 Å². The van der Waals surface area contributed by atoms with Crippen LogP contribution >= 0.6 is 0 Å². The second kappa shape index (κ2) is 9.81. The molecule has 1 aliphatic rings. The topological polar surface area (TPSA) is 78.5 Å². The Morgan fingerprint density at radius 3 is 2.72 bits per heavy atom. The molecular formula is C19H27N3O3. The molecule has 0 unspecified atom stereocenters. The number of benzene rings is 1. The third kappa shape index (κ3) is 6.21. The van der Waals surface area contributed by atoms with Gasteiger partial charge in [0.2, 0.25) is 11.8 Å². The molecule has 0 atom stereocenters. The minimum absolute atomic E-state index is 0.0458. The van der Waals surface area contributed by atoms with Crippen LogP contribution in [0, 0.1) is 6.92 Å². The van der Waals surface area contributed by atoms with Crippen LogP contribution in [0.25, 0.3) is 0 Å². The number of hydrogen-bond acceptors (Lipinski definition) is 3. The summed E-state index contributed by atoms with van der Waals surface area (Å²) in [6.45, 7) is 3.81. The summed E-state index contributed by atoms with van der Waals surface area (Å²) in [6, 6.07) is 7.26. The van der Waals surface area contributed by atoms with Gasteiger partial charge in [0.05, 0.1) is 6.54 Å². The zero-order valence-corrected chi connectivity index (χ0v) is 14.8. The van der Waals surface area contributed by atoms with Crippen molar-refractivity contribution in [1.29, 1.82) is 0 Å². The van der Waals surface area contributed by atoms with Gasteiger partial charge in [-0.3, -0.25) is 14.4 Å². The van der Waals surface area contributed by atoms with Crippen molar-refractivity contribution in [2.45, 2.75) is 39.0 Å². The number of rotatable bonds is 7. The predicted molar refractivity (Wildman–Crippen MR) is 96.2 cm³/mol. The molecule has 1 aromatic carbocycles. The summed E-state index contributed by atoms with van der Waals surface area (Å²) in [4.78, 5) is 37.6. The standard InChI is InChI=1S/C19H27N3O3/c1-15-8-4-5-9-16(15)19(25)21-14-17(23)20-11-7-13-22-12-6-2-3-10-18(22)24/h4-5,8-9H,2-3,6-7,10-14H2,1H3,(H,20,23)(H,21,25). The molecule has 1 heterocycles. The SMILES string of the molecule is Cc1ccccc1C(=O)NCC(=O)NCCCN1CCCCCC1=O. The van der Waals surface area contributed by atoms with Crippen LogP contribution in [-0.2, 0) is 9.59 Å². The zero-order chi connectivity index (χ0) is 18.1. The molecule has 0 bridgehead atoms. The lowest BCUT2D eigenvalue weighted by Crippen LogP contribution is -2.38. The number of aryl methyl sites for hydroxylation is 1. The maximum atomic E-state index is 12.0. The number of nitrogens with zero attached hydrogens (tertiary/aromatic N) is 1. The van der Waals surface area contributed by atoms with Crippen molar-refractivity contribution in [3.63, 3.8) is 0 Å². The Morgan fingerprint density at radius 1 is 1.12 bits per heavy atom. The molecular weight excluding hydrogens is 318 g/mol. The number of carbonyl (C=O) groups excluding carboxylic acids is 3. The first-order valence-electron chi connectivity index (χ1n) is 8.96. The highest BCUT2D eigenvalue weighted by molar-refractivity contribution is 5.97. The molecule has 136 valence electrons. The van der Waals surface area contributed by atoms with Crippen molar-refractivity contribution in [3.8, 4) is 0 Å². The molecule has 6 nitrogen and oxygen atoms in total. The van der Waals surface area contributed by atoms with Gasteiger partial charge >= 0.3 is 0 Å². The van der Waals surface area contributed by atoms with E-state index in [1.54, 1.807) is 12.1 Å². The van der Waals surface area contributed by atoms with E-state index in [2.05, 4.69) is 10.6 Å². The van der Waals surface area contributed by atoms with Crippen molar-refractivity contribution in [2.24, 2.45) is 0 Å². The van der Waals surface area contributed by atoms with Crippen molar-refractivity contribution >= 4 is 17.7 Å². The largest absolute Gasteiger partial charge is 0.355 e. The minimum atomic E-state index is -0.247. The molecule has 1 saturated heterocycles. The Kier molecular flexibility index (Phi) is 7.44. The Bertz CT molecular complexity index is 616. The maximum Gasteiger partial charge on any atom is 0.251 e. The Morgan fingerprint density at radius 2 is 1.92 bits per heavy atom. The van der Waals surface area contributed by atoms with Crippen molar-refractivity contribution in [3.05, 3.63) is 35.4 Å². The number of amides is 3. The molecule has 6 heteroatoms. The molecule has 3 amide bonds. The second-order valence-corrected chi connectivity index (χ2v) is 6.39. The Hall–Kier alpha value is -2.37. The van der Waals surface area contributed by atoms with E-state index in [1.165, 1.54) is 0 Å². The van der Waals surface area contributed by atoms with Gasteiger partial charge in [-0.1, -0.05) is 24.6 Å². The third-order valence-electron chi connectivity index (χ3n) is 4.40. The maximum absolute atomic E-state index is 12.0. The van der Waals surface area contributed by atoms with Crippen molar-refractivity contribution in [1.82, 2.24) is 15.5 Å². The summed E-state index contributed by atoms with van der Waals surface area (Å²) in [5, 5.41) is 5.41. The van der Waals surface area contributed by atoms with E-state index in [0.29, 0.717) is 25.1 Å². The normalized spacial score (nSPS) is 14.8. The van der Waals surface area contributed by atoms with E-state index < -0.39 is 0 Å². The van der Waals surface area contributed by atoms with Gasteiger partial charge in [0.15, 0.2) is 0 Å². The van der Waals surface area contributed by atoms with Gasteiger partial charge in [0, 0.05) is 31.6 Å². The van der Waals surface area contributed by atoms with Crippen LogP contribution in [0.1, 0.15) is 48.0 Å². The first-order valence-corrected chi connectivity index (χ1v) is 8.96. The van der Waals surface area contributed by atoms with Gasteiger partial charge in [-0.2, -0.15) is 0 Å². The fraction of sp³-hybridized carbons (Fsp3) is 0.526. The molecule has 2 N–H and O–H groups in total. The molecule has 0 aliphatic carbocycles. The van der Waals surface area contributed by atoms with Gasteiger partial charge in [0.25, 0.3) is 5.91 Å². The summed E-state index contributed by atoms with van der Waals surface area (Å²) in [6.07, 6.45) is 4.51. The highest BCUT2D eigenvalue weighted by Gasteiger charge is 2.16. The summed E-state index contributed by atoms with van der Waals surface area (Å²) < 4.78 is 0. The van der Waals surface area contributed by atoms with Gasteiger partial charge in [-0.15, -0.1) is 0 Å². The van der Waals surface area contributed by atoms with E-state index in [0.717, 1.165) is 37.8 Å². The van der Waals surface area contributed by atoms with E-state index >= 15 is 0 Å². The van der Waals surface area contributed by atoms with Crippen LogP contribution in [0.15, 0.2) is 24.3 Å². The summed E-state index contributed by atoms with van der Waals surface area (Å²) in [5.41, 5.74) is 1.46. The van der Waals surface area contributed by atoms with E-state index in [4.69, 9.17) is 0 Å². The fourth-order valence-electron chi connectivity index (χ4n) is 2.92. The molecule has 2 rings (SSSR count). The number of hydrogen-bond donors (Lipinski definition) is 2. The summed E-state index contributed by atoms with van der Waals surface area (Å²) >= 11 is 0. The van der Waals surface area contributed by atoms with Crippen molar-refractivity contribution in [2.75, 3.05) is 26.2 Å². The van der Waals surface area contributed by atoms with Crippen LogP contribution in [0.4, 0.5) is 0 Å². The summed E-state index contributed by atoms with van der Waals surface area (Å²) in [7, 11) is 0. The molecule has 0 spiro atoms. The average molecular weight is 345 g/mol. The van der Waals surface area contributed by atoms with Crippen LogP contribution in [0.3, 0.4) is 0 Å². The molecule has 0 radical (unpaired) electrons. The molecule has 1 aliphatic heterocycles. The quantitative estimate of drug-likeness (QED) is 0.737. The lowest BCUT2D eigenvalue weighted by molar-refractivity contribution is -0.130.